The molecule has 29 heavy (non-hydrogen) atoms. The number of amides is 1. The average molecular weight is 393 g/mol. The van der Waals surface area contributed by atoms with Crippen molar-refractivity contribution in [1.82, 2.24) is 14.0 Å². The first kappa shape index (κ1) is 19.3. The van der Waals surface area contributed by atoms with Crippen LogP contribution in [0.3, 0.4) is 0 Å². The van der Waals surface area contributed by atoms with Gasteiger partial charge in [0, 0.05) is 51.9 Å². The molecule has 1 aromatic heterocycles. The molecule has 6 heteroatoms. The van der Waals surface area contributed by atoms with Gasteiger partial charge in [-0.05, 0) is 37.1 Å². The van der Waals surface area contributed by atoms with Gasteiger partial charge in [-0.1, -0.05) is 30.3 Å². The maximum Gasteiger partial charge on any atom is 0.328 e. The van der Waals surface area contributed by atoms with E-state index in [1.54, 1.807) is 16.2 Å². The van der Waals surface area contributed by atoms with Gasteiger partial charge in [0.25, 0.3) is 0 Å². The molecule has 152 valence electrons. The highest BCUT2D eigenvalue weighted by Crippen LogP contribution is 2.22. The summed E-state index contributed by atoms with van der Waals surface area (Å²) in [6.07, 6.45) is 2.41. The molecule has 0 bridgehead atoms. The maximum absolute atomic E-state index is 13.0. The number of fused-ring (bicyclic) bond motifs is 1. The summed E-state index contributed by atoms with van der Waals surface area (Å²) in [6, 6.07) is 18.2. The fourth-order valence-corrected chi connectivity index (χ4v) is 4.39. The Kier molecular flexibility index (Phi) is 5.43. The summed E-state index contributed by atoms with van der Waals surface area (Å²) in [4.78, 5) is 29.8. The predicted octanol–water partition coefficient (Wildman–Crippen LogP) is 2.86. The van der Waals surface area contributed by atoms with E-state index in [2.05, 4.69) is 24.1 Å². The van der Waals surface area contributed by atoms with E-state index in [4.69, 9.17) is 0 Å². The van der Waals surface area contributed by atoms with E-state index < -0.39 is 0 Å². The third kappa shape index (κ3) is 3.79. The quantitative estimate of drug-likeness (QED) is 0.648. The molecule has 1 aliphatic heterocycles. The number of likely N-dealkylation sites (N-methyl/N-ethyl adjacent to an activating group) is 1. The second-order valence-electron chi connectivity index (χ2n) is 7.83. The molecule has 0 spiro atoms. The van der Waals surface area contributed by atoms with Crippen molar-refractivity contribution in [2.45, 2.75) is 31.8 Å². The number of carbonyl (C=O) groups is 1. The van der Waals surface area contributed by atoms with E-state index in [1.165, 1.54) is 0 Å². The number of aryl methyl sites for hydroxylation is 2. The van der Waals surface area contributed by atoms with Crippen LogP contribution in [0.5, 0.6) is 0 Å². The summed E-state index contributed by atoms with van der Waals surface area (Å²) in [7, 11) is 3.85. The smallest absolute Gasteiger partial charge is 0.328 e. The van der Waals surface area contributed by atoms with Gasteiger partial charge >= 0.3 is 5.69 Å². The van der Waals surface area contributed by atoms with E-state index in [9.17, 15) is 9.59 Å². The summed E-state index contributed by atoms with van der Waals surface area (Å²) in [6.45, 7) is 2.04. The monoisotopic (exact) mass is 392 g/mol. The Morgan fingerprint density at radius 1 is 1.07 bits per heavy atom. The molecule has 0 unspecified atom stereocenters. The molecule has 1 atom stereocenters. The van der Waals surface area contributed by atoms with Crippen molar-refractivity contribution in [3.05, 3.63) is 65.1 Å². The van der Waals surface area contributed by atoms with Gasteiger partial charge in [0.2, 0.25) is 5.91 Å². The SMILES string of the molecule is CN(C[C@@H]1CCCN1C(=O)CCn1c(=O)n(C)c2ccccc21)c1ccccc1. The number of benzene rings is 2. The Hall–Kier alpha value is -3.02. The molecular weight excluding hydrogens is 364 g/mol. The molecule has 0 aliphatic carbocycles. The molecule has 1 saturated heterocycles. The molecule has 1 aliphatic rings. The number of aromatic nitrogens is 2. The number of hydrogen-bond donors (Lipinski definition) is 0. The highest BCUT2D eigenvalue weighted by atomic mass is 16.2. The summed E-state index contributed by atoms with van der Waals surface area (Å²) in [5.74, 6) is 0.133. The topological polar surface area (TPSA) is 50.5 Å². The first-order valence-electron chi connectivity index (χ1n) is 10.3. The zero-order valence-corrected chi connectivity index (χ0v) is 17.1. The van der Waals surface area contributed by atoms with Crippen molar-refractivity contribution >= 4 is 22.6 Å². The minimum atomic E-state index is -0.0687. The van der Waals surface area contributed by atoms with Crippen LogP contribution in [0.15, 0.2) is 59.4 Å². The first-order valence-corrected chi connectivity index (χ1v) is 10.3. The average Bonchev–Trinajstić information content (AvgIpc) is 3.30. The van der Waals surface area contributed by atoms with Crippen LogP contribution in [0.25, 0.3) is 11.0 Å². The lowest BCUT2D eigenvalue weighted by Crippen LogP contribution is -2.42. The van der Waals surface area contributed by atoms with Crippen molar-refractivity contribution in [3.63, 3.8) is 0 Å². The van der Waals surface area contributed by atoms with E-state index in [1.807, 2.05) is 47.4 Å². The molecule has 3 aromatic rings. The van der Waals surface area contributed by atoms with Crippen LogP contribution in [0, 0.1) is 0 Å². The third-order valence-electron chi connectivity index (χ3n) is 5.98. The molecule has 2 aromatic carbocycles. The van der Waals surface area contributed by atoms with Crippen LogP contribution in [0.4, 0.5) is 5.69 Å². The minimum Gasteiger partial charge on any atom is -0.373 e. The summed E-state index contributed by atoms with van der Waals surface area (Å²) >= 11 is 0. The number of carbonyl (C=O) groups excluding carboxylic acids is 1. The molecule has 6 nitrogen and oxygen atoms in total. The molecule has 0 radical (unpaired) electrons. The van der Waals surface area contributed by atoms with Gasteiger partial charge in [0.05, 0.1) is 11.0 Å². The molecule has 4 rings (SSSR count). The largest absolute Gasteiger partial charge is 0.373 e. The van der Waals surface area contributed by atoms with Gasteiger partial charge in [-0.25, -0.2) is 4.79 Å². The number of nitrogens with zero attached hydrogens (tertiary/aromatic N) is 4. The Balaban J connectivity index is 1.43. The third-order valence-corrected chi connectivity index (χ3v) is 5.98. The van der Waals surface area contributed by atoms with Gasteiger partial charge in [-0.15, -0.1) is 0 Å². The zero-order chi connectivity index (χ0) is 20.4. The van der Waals surface area contributed by atoms with Crippen molar-refractivity contribution in [1.29, 1.82) is 0 Å². The number of para-hydroxylation sites is 3. The molecular formula is C23H28N4O2. The molecule has 1 amide bonds. The molecule has 2 heterocycles. The number of anilines is 1. The fourth-order valence-electron chi connectivity index (χ4n) is 4.39. The number of hydrogen-bond acceptors (Lipinski definition) is 3. The van der Waals surface area contributed by atoms with Gasteiger partial charge in [-0.2, -0.15) is 0 Å². The molecule has 1 fully saturated rings. The number of rotatable bonds is 6. The summed E-state index contributed by atoms with van der Waals surface area (Å²) < 4.78 is 3.36. The van der Waals surface area contributed by atoms with Gasteiger partial charge in [0.1, 0.15) is 0 Å². The van der Waals surface area contributed by atoms with Crippen LogP contribution < -0.4 is 10.6 Å². The fraction of sp³-hybridized carbons (Fsp3) is 0.391. The lowest BCUT2D eigenvalue weighted by molar-refractivity contribution is -0.132. The van der Waals surface area contributed by atoms with Crippen molar-refractivity contribution < 1.29 is 4.79 Å². The van der Waals surface area contributed by atoms with E-state index in [-0.39, 0.29) is 17.6 Å². The standard InChI is InChI=1S/C23H28N4O2/c1-24(18-9-4-3-5-10-18)17-19-11-8-15-26(19)22(28)14-16-27-21-13-7-6-12-20(21)25(2)23(27)29/h3-7,9-10,12-13,19H,8,11,14-17H2,1-2H3/t19-/m0/s1. The van der Waals surface area contributed by atoms with Crippen LogP contribution in [-0.2, 0) is 18.4 Å². The second kappa shape index (κ2) is 8.15. The van der Waals surface area contributed by atoms with Gasteiger partial charge in [0.15, 0.2) is 0 Å². The van der Waals surface area contributed by atoms with E-state index >= 15 is 0 Å². The van der Waals surface area contributed by atoms with Crippen LogP contribution in [-0.4, -0.2) is 46.1 Å². The Morgan fingerprint density at radius 2 is 1.76 bits per heavy atom. The lowest BCUT2D eigenvalue weighted by atomic mass is 10.2. The van der Waals surface area contributed by atoms with Crippen LogP contribution in [0.1, 0.15) is 19.3 Å². The second-order valence-corrected chi connectivity index (χ2v) is 7.83. The molecule has 0 saturated carbocycles. The predicted molar refractivity (Wildman–Crippen MR) is 116 cm³/mol. The maximum atomic E-state index is 13.0. The lowest BCUT2D eigenvalue weighted by Gasteiger charge is -2.30. The zero-order valence-electron chi connectivity index (χ0n) is 17.1. The minimum absolute atomic E-state index is 0.0687. The highest BCUT2D eigenvalue weighted by Gasteiger charge is 2.29. The van der Waals surface area contributed by atoms with Gasteiger partial charge < -0.3 is 9.80 Å². The summed E-state index contributed by atoms with van der Waals surface area (Å²) in [5.41, 5.74) is 2.87. The normalized spacial score (nSPS) is 16.5. The van der Waals surface area contributed by atoms with Crippen LogP contribution >= 0.6 is 0 Å². The number of imidazole rings is 1. The van der Waals surface area contributed by atoms with Crippen molar-refractivity contribution in [2.24, 2.45) is 7.05 Å². The Labute approximate surface area is 171 Å². The molecule has 0 N–H and O–H groups in total. The van der Waals surface area contributed by atoms with E-state index in [0.29, 0.717) is 13.0 Å². The highest BCUT2D eigenvalue weighted by molar-refractivity contribution is 5.78. The van der Waals surface area contributed by atoms with Crippen LogP contribution in [0.2, 0.25) is 0 Å². The van der Waals surface area contributed by atoms with Crippen molar-refractivity contribution in [3.8, 4) is 0 Å². The van der Waals surface area contributed by atoms with E-state index in [0.717, 1.165) is 42.7 Å². The summed E-state index contributed by atoms with van der Waals surface area (Å²) in [5, 5.41) is 0. The van der Waals surface area contributed by atoms with Crippen molar-refractivity contribution in [2.75, 3.05) is 25.0 Å². The Morgan fingerprint density at radius 3 is 2.52 bits per heavy atom. The number of likely N-dealkylation sites (tertiary alicyclic amines) is 1. The first-order chi connectivity index (χ1) is 14.1. The Bertz CT molecular complexity index is 1050. The van der Waals surface area contributed by atoms with Gasteiger partial charge in [-0.3, -0.25) is 13.9 Å².